The zero-order valence-electron chi connectivity index (χ0n) is 37.6. The van der Waals surface area contributed by atoms with Crippen LogP contribution in [0.5, 0.6) is 0 Å². The first-order valence-electron chi connectivity index (χ1n) is 25.3. The van der Waals surface area contributed by atoms with E-state index in [1.54, 1.807) is 0 Å². The molecule has 4 N–H and O–H groups in total. The van der Waals surface area contributed by atoms with E-state index in [9.17, 15) is 20.1 Å². The predicted octanol–water partition coefficient (Wildman–Crippen LogP) is 15.0. The first-order chi connectivity index (χ1) is 27.0. The van der Waals surface area contributed by atoms with Crippen LogP contribution >= 0.6 is 0 Å². The van der Waals surface area contributed by atoms with Crippen LogP contribution in [0.1, 0.15) is 290 Å². The molecule has 0 spiro atoms. The molecule has 5 nitrogen and oxygen atoms in total. The van der Waals surface area contributed by atoms with Gasteiger partial charge < -0.3 is 20.6 Å². The third-order valence-corrected chi connectivity index (χ3v) is 12.2. The second-order valence-corrected chi connectivity index (χ2v) is 17.8. The number of carbonyl (C=O) groups excluding carboxylic acids is 1. The second kappa shape index (κ2) is 46.0. The molecule has 0 aromatic rings. The molecule has 55 heavy (non-hydrogen) atoms. The Labute approximate surface area is 345 Å². The molecule has 5 heteroatoms. The van der Waals surface area contributed by atoms with Crippen molar-refractivity contribution in [3.05, 3.63) is 0 Å². The summed E-state index contributed by atoms with van der Waals surface area (Å²) in [4.78, 5) is 12.5. The van der Waals surface area contributed by atoms with Gasteiger partial charge in [-0.25, -0.2) is 0 Å². The highest BCUT2D eigenvalue weighted by Gasteiger charge is 2.21. The highest BCUT2D eigenvalue weighted by molar-refractivity contribution is 5.76. The summed E-state index contributed by atoms with van der Waals surface area (Å²) in [5, 5.41) is 33.5. The summed E-state index contributed by atoms with van der Waals surface area (Å²) in [5.41, 5.74) is 0. The SMILES string of the molecule is CCCCCCCCCCCCCCCCCCCCCCCC(O)CC(=O)NC(CO)C(O)CCCCCCCCCCCCCCCCCCCCC. The summed E-state index contributed by atoms with van der Waals surface area (Å²) in [7, 11) is 0. The molecule has 0 saturated heterocycles. The van der Waals surface area contributed by atoms with Crippen molar-refractivity contribution in [2.45, 2.75) is 308 Å². The van der Waals surface area contributed by atoms with Crippen molar-refractivity contribution in [2.75, 3.05) is 6.61 Å². The van der Waals surface area contributed by atoms with Gasteiger partial charge >= 0.3 is 0 Å². The number of nitrogens with one attached hydrogen (secondary N) is 1. The normalized spacial score (nSPS) is 13.3. The lowest BCUT2D eigenvalue weighted by atomic mass is 10.0. The molecular formula is C50H101NO4. The van der Waals surface area contributed by atoms with Gasteiger partial charge in [-0.15, -0.1) is 0 Å². The summed E-state index contributed by atoms with van der Waals surface area (Å²) in [6.45, 7) is 4.30. The van der Waals surface area contributed by atoms with Crippen molar-refractivity contribution >= 4 is 5.91 Å². The Morgan fingerprint density at radius 1 is 0.382 bits per heavy atom. The van der Waals surface area contributed by atoms with Crippen LogP contribution in [0.25, 0.3) is 0 Å². The number of aliphatic hydroxyl groups excluding tert-OH is 3. The molecule has 0 fully saturated rings. The first kappa shape index (κ1) is 54.3. The van der Waals surface area contributed by atoms with Crippen molar-refractivity contribution in [3.63, 3.8) is 0 Å². The fraction of sp³-hybridized carbons (Fsp3) is 0.980. The summed E-state index contributed by atoms with van der Waals surface area (Å²) in [6, 6.07) is -0.653. The molecule has 0 aliphatic rings. The first-order valence-corrected chi connectivity index (χ1v) is 25.3. The molecule has 0 heterocycles. The second-order valence-electron chi connectivity index (χ2n) is 17.8. The van der Waals surface area contributed by atoms with Crippen LogP contribution in [0.2, 0.25) is 0 Å². The minimum absolute atomic E-state index is 0.0433. The minimum atomic E-state index is -0.744. The number of hydrogen-bond donors (Lipinski definition) is 4. The Hall–Kier alpha value is -0.650. The molecule has 0 radical (unpaired) electrons. The van der Waals surface area contributed by atoms with Gasteiger partial charge in [0.2, 0.25) is 5.91 Å². The third kappa shape index (κ3) is 42.8. The maximum absolute atomic E-state index is 12.5. The lowest BCUT2D eigenvalue weighted by Crippen LogP contribution is -2.46. The van der Waals surface area contributed by atoms with Crippen LogP contribution in [-0.2, 0) is 4.79 Å². The lowest BCUT2D eigenvalue weighted by Gasteiger charge is -2.23. The largest absolute Gasteiger partial charge is 0.394 e. The molecule has 0 rings (SSSR count). The molecule has 0 bridgehead atoms. The fourth-order valence-corrected chi connectivity index (χ4v) is 8.29. The molecule has 330 valence electrons. The van der Waals surface area contributed by atoms with Crippen LogP contribution in [-0.4, -0.2) is 46.1 Å². The summed E-state index contributed by atoms with van der Waals surface area (Å²) >= 11 is 0. The van der Waals surface area contributed by atoms with Gasteiger partial charge in [-0.2, -0.15) is 0 Å². The Bertz CT molecular complexity index is 733. The van der Waals surface area contributed by atoms with E-state index >= 15 is 0 Å². The zero-order chi connectivity index (χ0) is 40.1. The molecule has 1 amide bonds. The lowest BCUT2D eigenvalue weighted by molar-refractivity contribution is -0.125. The maximum Gasteiger partial charge on any atom is 0.222 e. The van der Waals surface area contributed by atoms with Gasteiger partial charge in [-0.1, -0.05) is 271 Å². The van der Waals surface area contributed by atoms with E-state index in [4.69, 9.17) is 0 Å². The Morgan fingerprint density at radius 2 is 0.618 bits per heavy atom. The van der Waals surface area contributed by atoms with E-state index in [1.807, 2.05) is 0 Å². The van der Waals surface area contributed by atoms with Crippen LogP contribution in [0.4, 0.5) is 0 Å². The number of rotatable bonds is 47. The minimum Gasteiger partial charge on any atom is -0.394 e. The van der Waals surface area contributed by atoms with Crippen LogP contribution in [0.15, 0.2) is 0 Å². The average molecular weight is 780 g/mol. The van der Waals surface area contributed by atoms with E-state index in [0.29, 0.717) is 12.8 Å². The molecule has 3 unspecified atom stereocenters. The Morgan fingerprint density at radius 3 is 0.873 bits per heavy atom. The Balaban J connectivity index is 3.53. The third-order valence-electron chi connectivity index (χ3n) is 12.2. The quantitative estimate of drug-likeness (QED) is 0.0463. The van der Waals surface area contributed by atoms with Gasteiger partial charge in [-0.05, 0) is 12.8 Å². The van der Waals surface area contributed by atoms with E-state index in [2.05, 4.69) is 19.2 Å². The maximum atomic E-state index is 12.5. The number of hydrogen-bond acceptors (Lipinski definition) is 4. The van der Waals surface area contributed by atoms with E-state index in [0.717, 1.165) is 25.7 Å². The number of unbranched alkanes of at least 4 members (excludes halogenated alkanes) is 38. The van der Waals surface area contributed by atoms with Gasteiger partial charge in [0.1, 0.15) is 0 Å². The molecule has 0 aromatic heterocycles. The fourth-order valence-electron chi connectivity index (χ4n) is 8.29. The predicted molar refractivity (Wildman–Crippen MR) is 241 cm³/mol. The van der Waals surface area contributed by atoms with Gasteiger partial charge in [0.05, 0.1) is 31.3 Å². The van der Waals surface area contributed by atoms with E-state index < -0.39 is 18.2 Å². The van der Waals surface area contributed by atoms with Crippen LogP contribution in [0, 0.1) is 0 Å². The van der Waals surface area contributed by atoms with Crippen molar-refractivity contribution in [2.24, 2.45) is 0 Å². The highest BCUT2D eigenvalue weighted by Crippen LogP contribution is 2.18. The average Bonchev–Trinajstić information content (AvgIpc) is 3.18. The summed E-state index contributed by atoms with van der Waals surface area (Å²) < 4.78 is 0. The number of carbonyl (C=O) groups is 1. The molecule has 3 atom stereocenters. The molecule has 0 saturated carbocycles. The number of aliphatic hydroxyl groups is 3. The standard InChI is InChI=1S/C50H101NO4/c1-3-5-7-9-11-13-15-17-19-21-23-24-26-27-29-31-33-35-37-39-41-43-47(53)45-50(55)51-48(46-52)49(54)44-42-40-38-36-34-32-30-28-25-22-20-18-16-14-12-10-8-6-4-2/h47-49,52-54H,3-46H2,1-2H3,(H,51,55). The van der Waals surface area contributed by atoms with Crippen LogP contribution < -0.4 is 5.32 Å². The van der Waals surface area contributed by atoms with Gasteiger partial charge in [0.15, 0.2) is 0 Å². The van der Waals surface area contributed by atoms with Crippen molar-refractivity contribution in [1.29, 1.82) is 0 Å². The van der Waals surface area contributed by atoms with Gasteiger partial charge in [-0.3, -0.25) is 4.79 Å². The summed E-state index contributed by atoms with van der Waals surface area (Å²) in [5.74, 6) is -0.276. The van der Waals surface area contributed by atoms with Gasteiger partial charge in [0, 0.05) is 0 Å². The van der Waals surface area contributed by atoms with Crippen molar-refractivity contribution < 1.29 is 20.1 Å². The van der Waals surface area contributed by atoms with Crippen LogP contribution in [0.3, 0.4) is 0 Å². The topological polar surface area (TPSA) is 89.8 Å². The number of amides is 1. The van der Waals surface area contributed by atoms with E-state index in [-0.39, 0.29) is 18.9 Å². The summed E-state index contributed by atoms with van der Waals surface area (Å²) in [6.07, 6.45) is 53.8. The van der Waals surface area contributed by atoms with Crippen molar-refractivity contribution in [1.82, 2.24) is 5.32 Å². The van der Waals surface area contributed by atoms with Crippen molar-refractivity contribution in [3.8, 4) is 0 Å². The molecule has 0 aliphatic heterocycles. The smallest absolute Gasteiger partial charge is 0.222 e. The highest BCUT2D eigenvalue weighted by atomic mass is 16.3. The molecular weight excluding hydrogens is 679 g/mol. The monoisotopic (exact) mass is 780 g/mol. The van der Waals surface area contributed by atoms with E-state index in [1.165, 1.54) is 231 Å². The molecule has 0 aliphatic carbocycles. The zero-order valence-corrected chi connectivity index (χ0v) is 37.6. The Kier molecular flexibility index (Phi) is 45.5. The van der Waals surface area contributed by atoms with Gasteiger partial charge in [0.25, 0.3) is 0 Å². The molecule has 0 aromatic carbocycles.